The first-order chi connectivity index (χ1) is 13.1. The molecule has 4 rings (SSSR count). The van der Waals surface area contributed by atoms with Gasteiger partial charge in [-0.2, -0.15) is 4.98 Å². The van der Waals surface area contributed by atoms with Crippen LogP contribution in [0.15, 0.2) is 26.4 Å². The number of hydrogen-bond donors (Lipinski definition) is 1. The highest BCUT2D eigenvalue weighted by atomic mass is 16.5. The number of amides is 1. The number of aromatic amines is 1. The number of carbonyl (C=O) groups is 1. The SMILES string of the molecule is O=C(CCn1ccc(=O)[nH]c1=O)N1CCC[C@@H](Cc2nc(C3CC3)no2)C1. The Labute approximate surface area is 155 Å². The van der Waals surface area contributed by atoms with E-state index in [4.69, 9.17) is 4.52 Å². The maximum Gasteiger partial charge on any atom is 0.328 e. The van der Waals surface area contributed by atoms with Gasteiger partial charge in [0, 0.05) is 50.7 Å². The smallest absolute Gasteiger partial charge is 0.328 e. The molecular weight excluding hydrogens is 350 g/mol. The first-order valence-corrected chi connectivity index (χ1v) is 9.48. The Kier molecular flexibility index (Phi) is 4.91. The van der Waals surface area contributed by atoms with Crippen molar-refractivity contribution in [3.8, 4) is 0 Å². The van der Waals surface area contributed by atoms with E-state index in [0.717, 1.165) is 38.1 Å². The van der Waals surface area contributed by atoms with Gasteiger partial charge in [0.1, 0.15) is 0 Å². The average Bonchev–Trinajstić information content (AvgIpc) is 3.41. The first-order valence-electron chi connectivity index (χ1n) is 9.48. The molecule has 2 aromatic rings. The van der Waals surface area contributed by atoms with Crippen molar-refractivity contribution in [3.63, 3.8) is 0 Å². The van der Waals surface area contributed by atoms with Crippen molar-refractivity contribution in [2.45, 2.75) is 51.0 Å². The zero-order valence-corrected chi connectivity index (χ0v) is 15.1. The molecule has 0 aromatic carbocycles. The normalized spacial score (nSPS) is 20.0. The molecule has 0 unspecified atom stereocenters. The molecule has 1 saturated carbocycles. The Hall–Kier alpha value is -2.71. The Morgan fingerprint density at radius 1 is 1.30 bits per heavy atom. The van der Waals surface area contributed by atoms with E-state index in [2.05, 4.69) is 15.1 Å². The van der Waals surface area contributed by atoms with Crippen molar-refractivity contribution in [1.29, 1.82) is 0 Å². The lowest BCUT2D eigenvalue weighted by Crippen LogP contribution is -2.41. The van der Waals surface area contributed by atoms with Crippen molar-refractivity contribution in [2.75, 3.05) is 13.1 Å². The molecule has 3 heterocycles. The van der Waals surface area contributed by atoms with Crippen molar-refractivity contribution >= 4 is 5.91 Å². The molecule has 1 aliphatic carbocycles. The van der Waals surface area contributed by atoms with Crippen LogP contribution < -0.4 is 11.2 Å². The molecule has 9 nitrogen and oxygen atoms in total. The van der Waals surface area contributed by atoms with Crippen LogP contribution in [0.1, 0.15) is 49.7 Å². The molecular formula is C18H23N5O4. The molecule has 1 atom stereocenters. The van der Waals surface area contributed by atoms with Crippen LogP contribution in [0.4, 0.5) is 0 Å². The maximum absolute atomic E-state index is 12.5. The molecule has 1 saturated heterocycles. The van der Waals surface area contributed by atoms with Crippen LogP contribution in [-0.4, -0.2) is 43.6 Å². The summed E-state index contributed by atoms with van der Waals surface area (Å²) in [7, 11) is 0. The van der Waals surface area contributed by atoms with E-state index in [1.54, 1.807) is 0 Å². The van der Waals surface area contributed by atoms with E-state index in [-0.39, 0.29) is 18.9 Å². The summed E-state index contributed by atoms with van der Waals surface area (Å²) in [5.74, 6) is 2.28. The highest BCUT2D eigenvalue weighted by Gasteiger charge is 2.30. The van der Waals surface area contributed by atoms with Crippen LogP contribution in [0.25, 0.3) is 0 Å². The molecule has 2 aliphatic rings. The monoisotopic (exact) mass is 373 g/mol. The topological polar surface area (TPSA) is 114 Å². The molecule has 0 radical (unpaired) electrons. The van der Waals surface area contributed by atoms with E-state index < -0.39 is 11.2 Å². The van der Waals surface area contributed by atoms with Crippen LogP contribution in [0.5, 0.6) is 0 Å². The zero-order valence-electron chi connectivity index (χ0n) is 15.1. The zero-order chi connectivity index (χ0) is 18.8. The van der Waals surface area contributed by atoms with Gasteiger partial charge in [-0.25, -0.2) is 4.79 Å². The number of hydrogen-bond acceptors (Lipinski definition) is 6. The fourth-order valence-electron chi connectivity index (χ4n) is 3.56. The number of H-pyrrole nitrogens is 1. The Balaban J connectivity index is 1.30. The number of carbonyl (C=O) groups excluding carboxylic acids is 1. The third kappa shape index (κ3) is 4.35. The minimum atomic E-state index is -0.491. The summed E-state index contributed by atoms with van der Waals surface area (Å²) in [6.07, 6.45) is 6.60. The lowest BCUT2D eigenvalue weighted by molar-refractivity contribution is -0.133. The van der Waals surface area contributed by atoms with Crippen LogP contribution in [-0.2, 0) is 17.8 Å². The molecule has 144 valence electrons. The van der Waals surface area contributed by atoms with E-state index >= 15 is 0 Å². The summed E-state index contributed by atoms with van der Waals surface area (Å²) in [5, 5.41) is 4.05. The number of likely N-dealkylation sites (tertiary alicyclic amines) is 1. The molecule has 1 aliphatic heterocycles. The minimum absolute atomic E-state index is 0.0157. The molecule has 2 aromatic heterocycles. The van der Waals surface area contributed by atoms with Gasteiger partial charge in [-0.1, -0.05) is 5.16 Å². The standard InChI is InChI=1S/C18H23N5O4/c24-14-5-8-22(18(26)19-14)9-6-16(25)23-7-1-2-12(11-23)10-15-20-17(21-27-15)13-3-4-13/h5,8,12-13H,1-4,6-7,9-11H2,(H,19,24,26)/t12-/m0/s1. The third-order valence-corrected chi connectivity index (χ3v) is 5.22. The van der Waals surface area contributed by atoms with Gasteiger partial charge < -0.3 is 14.0 Å². The van der Waals surface area contributed by atoms with Crippen LogP contribution >= 0.6 is 0 Å². The van der Waals surface area contributed by atoms with Crippen LogP contribution in [0.2, 0.25) is 0 Å². The van der Waals surface area contributed by atoms with Gasteiger partial charge in [-0.3, -0.25) is 14.6 Å². The predicted molar refractivity (Wildman–Crippen MR) is 95.2 cm³/mol. The summed E-state index contributed by atoms with van der Waals surface area (Å²) in [6.45, 7) is 1.65. The van der Waals surface area contributed by atoms with Crippen LogP contribution in [0, 0.1) is 5.92 Å². The molecule has 9 heteroatoms. The number of piperidine rings is 1. The summed E-state index contributed by atoms with van der Waals surface area (Å²) in [6, 6.07) is 1.28. The molecule has 1 amide bonds. The maximum atomic E-state index is 12.5. The number of rotatable bonds is 6. The van der Waals surface area contributed by atoms with Crippen LogP contribution in [0.3, 0.4) is 0 Å². The molecule has 1 N–H and O–H groups in total. The fourth-order valence-corrected chi connectivity index (χ4v) is 3.56. The van der Waals surface area contributed by atoms with Gasteiger partial charge in [-0.05, 0) is 31.6 Å². The van der Waals surface area contributed by atoms with Gasteiger partial charge in [0.25, 0.3) is 5.56 Å². The second kappa shape index (κ2) is 7.50. The third-order valence-electron chi connectivity index (χ3n) is 5.22. The molecule has 0 spiro atoms. The average molecular weight is 373 g/mol. The highest BCUT2D eigenvalue weighted by molar-refractivity contribution is 5.76. The van der Waals surface area contributed by atoms with Gasteiger partial charge in [0.2, 0.25) is 11.8 Å². The van der Waals surface area contributed by atoms with E-state index in [1.165, 1.54) is 16.8 Å². The summed E-state index contributed by atoms with van der Waals surface area (Å²) in [5.41, 5.74) is -0.929. The summed E-state index contributed by atoms with van der Waals surface area (Å²) in [4.78, 5) is 43.9. The van der Waals surface area contributed by atoms with Crippen molar-refractivity contribution < 1.29 is 9.32 Å². The van der Waals surface area contributed by atoms with Gasteiger partial charge in [0.15, 0.2) is 5.82 Å². The minimum Gasteiger partial charge on any atom is -0.342 e. The number of aryl methyl sites for hydroxylation is 1. The molecule has 2 fully saturated rings. The Morgan fingerprint density at radius 2 is 2.15 bits per heavy atom. The van der Waals surface area contributed by atoms with Gasteiger partial charge in [-0.15, -0.1) is 0 Å². The quantitative estimate of drug-likeness (QED) is 0.796. The number of aromatic nitrogens is 4. The van der Waals surface area contributed by atoms with Crippen molar-refractivity contribution in [2.24, 2.45) is 5.92 Å². The number of nitrogens with zero attached hydrogens (tertiary/aromatic N) is 4. The number of nitrogens with one attached hydrogen (secondary N) is 1. The van der Waals surface area contributed by atoms with E-state index in [1.807, 2.05) is 4.90 Å². The van der Waals surface area contributed by atoms with E-state index in [9.17, 15) is 14.4 Å². The Bertz CT molecular complexity index is 926. The summed E-state index contributed by atoms with van der Waals surface area (Å²) >= 11 is 0. The molecule has 0 bridgehead atoms. The lowest BCUT2D eigenvalue weighted by atomic mass is 9.94. The second-order valence-electron chi connectivity index (χ2n) is 7.43. The van der Waals surface area contributed by atoms with Gasteiger partial charge in [0.05, 0.1) is 0 Å². The summed E-state index contributed by atoms with van der Waals surface area (Å²) < 4.78 is 6.71. The van der Waals surface area contributed by atoms with Crippen molar-refractivity contribution in [1.82, 2.24) is 24.6 Å². The van der Waals surface area contributed by atoms with E-state index in [0.29, 0.717) is 30.7 Å². The highest BCUT2D eigenvalue weighted by Crippen LogP contribution is 2.38. The predicted octanol–water partition coefficient (Wildman–Crippen LogP) is 0.668. The van der Waals surface area contributed by atoms with Gasteiger partial charge >= 0.3 is 5.69 Å². The molecule has 27 heavy (non-hydrogen) atoms. The van der Waals surface area contributed by atoms with Crippen molar-refractivity contribution in [3.05, 3.63) is 44.8 Å². The lowest BCUT2D eigenvalue weighted by Gasteiger charge is -2.32. The fraction of sp³-hybridized carbons (Fsp3) is 0.611. The Morgan fingerprint density at radius 3 is 2.93 bits per heavy atom. The largest absolute Gasteiger partial charge is 0.342 e. The first kappa shape index (κ1) is 17.7. The second-order valence-corrected chi connectivity index (χ2v) is 7.43.